The summed E-state index contributed by atoms with van der Waals surface area (Å²) in [5, 5.41) is 2.54. The molecular weight excluding hydrogens is 579 g/mol. The van der Waals surface area contributed by atoms with E-state index in [0.29, 0.717) is 0 Å². The molecule has 0 aliphatic heterocycles. The minimum absolute atomic E-state index is 1.12. The van der Waals surface area contributed by atoms with E-state index in [4.69, 9.17) is 0 Å². The van der Waals surface area contributed by atoms with Gasteiger partial charge in [-0.25, -0.2) is 0 Å². The largest absolute Gasteiger partial charge is 0.310 e. The molecule has 0 heterocycles. The van der Waals surface area contributed by atoms with Crippen LogP contribution >= 0.6 is 0 Å². The van der Waals surface area contributed by atoms with Crippen molar-refractivity contribution in [2.75, 3.05) is 4.90 Å². The fourth-order valence-corrected chi connectivity index (χ4v) is 6.70. The molecule has 0 unspecified atom stereocenters. The third-order valence-corrected chi connectivity index (χ3v) is 9.22. The Labute approximate surface area is 283 Å². The van der Waals surface area contributed by atoms with Crippen LogP contribution in [0, 0.1) is 6.92 Å². The fraction of sp³-hybridized carbons (Fsp3) is 0.0213. The van der Waals surface area contributed by atoms with E-state index in [1.165, 1.54) is 60.8 Å². The molecule has 8 rings (SSSR count). The van der Waals surface area contributed by atoms with Gasteiger partial charge < -0.3 is 4.90 Å². The summed E-state index contributed by atoms with van der Waals surface area (Å²) in [5.41, 5.74) is 14.4. The molecule has 0 atom stereocenters. The van der Waals surface area contributed by atoms with Gasteiger partial charge in [-0.15, -0.1) is 0 Å². The van der Waals surface area contributed by atoms with E-state index in [-0.39, 0.29) is 0 Å². The smallest absolute Gasteiger partial charge is 0.0491 e. The summed E-state index contributed by atoms with van der Waals surface area (Å²) in [6.45, 7) is 2.21. The standard InChI is InChI=1S/C47H35N/c1-34-33-42(36-13-6-3-7-14-36)27-32-47(34)48(43-28-23-38(24-29-43)35-11-4-2-5-12-35)44-30-25-39(26-31-44)37-19-21-41(22-20-37)46-18-10-16-40-15-8-9-17-45(40)46/h2-33H,1H3. The van der Waals surface area contributed by atoms with Crippen LogP contribution in [0.3, 0.4) is 0 Å². The molecule has 0 bridgehead atoms. The van der Waals surface area contributed by atoms with Gasteiger partial charge >= 0.3 is 0 Å². The Hall–Kier alpha value is -6.18. The number of hydrogen-bond donors (Lipinski definition) is 0. The maximum atomic E-state index is 2.37. The van der Waals surface area contributed by atoms with Crippen LogP contribution in [0.2, 0.25) is 0 Å². The van der Waals surface area contributed by atoms with Crippen molar-refractivity contribution in [3.63, 3.8) is 0 Å². The summed E-state index contributed by atoms with van der Waals surface area (Å²) in [6, 6.07) is 69.8. The molecule has 228 valence electrons. The molecule has 48 heavy (non-hydrogen) atoms. The normalized spacial score (nSPS) is 11.0. The Balaban J connectivity index is 1.14. The first kappa shape index (κ1) is 29.2. The lowest BCUT2D eigenvalue weighted by Gasteiger charge is -2.28. The lowest BCUT2D eigenvalue weighted by atomic mass is 9.96. The van der Waals surface area contributed by atoms with Gasteiger partial charge in [-0.1, -0.05) is 158 Å². The summed E-state index contributed by atoms with van der Waals surface area (Å²) < 4.78 is 0. The molecule has 8 aromatic rings. The van der Waals surface area contributed by atoms with Crippen molar-refractivity contribution in [3.05, 3.63) is 200 Å². The van der Waals surface area contributed by atoms with Gasteiger partial charge in [0, 0.05) is 17.1 Å². The van der Waals surface area contributed by atoms with Gasteiger partial charge in [0.05, 0.1) is 0 Å². The van der Waals surface area contributed by atoms with Crippen molar-refractivity contribution in [2.45, 2.75) is 6.92 Å². The SMILES string of the molecule is Cc1cc(-c2ccccc2)ccc1N(c1ccc(-c2ccccc2)cc1)c1ccc(-c2ccc(-c3cccc4ccccc34)cc2)cc1. The van der Waals surface area contributed by atoms with Gasteiger partial charge in [0.1, 0.15) is 0 Å². The van der Waals surface area contributed by atoms with Crippen LogP contribution in [-0.4, -0.2) is 0 Å². The molecule has 0 saturated heterocycles. The first-order valence-corrected chi connectivity index (χ1v) is 16.5. The average Bonchev–Trinajstić information content (AvgIpc) is 3.17. The quantitative estimate of drug-likeness (QED) is 0.173. The maximum absolute atomic E-state index is 2.37. The third-order valence-electron chi connectivity index (χ3n) is 9.22. The summed E-state index contributed by atoms with van der Waals surface area (Å²) in [7, 11) is 0. The van der Waals surface area contributed by atoms with Gasteiger partial charge in [0.2, 0.25) is 0 Å². The second-order valence-electron chi connectivity index (χ2n) is 12.3. The van der Waals surface area contributed by atoms with Crippen LogP contribution in [0.5, 0.6) is 0 Å². The predicted octanol–water partition coefficient (Wildman–Crippen LogP) is 13.3. The molecule has 0 fully saturated rings. The number of aryl methyl sites for hydroxylation is 1. The molecule has 0 N–H and O–H groups in total. The highest BCUT2D eigenvalue weighted by atomic mass is 15.1. The number of benzene rings is 8. The van der Waals surface area contributed by atoms with Crippen molar-refractivity contribution >= 4 is 27.8 Å². The van der Waals surface area contributed by atoms with Crippen LogP contribution in [-0.2, 0) is 0 Å². The van der Waals surface area contributed by atoms with Crippen LogP contribution in [0.15, 0.2) is 194 Å². The summed E-state index contributed by atoms with van der Waals surface area (Å²) >= 11 is 0. The highest BCUT2D eigenvalue weighted by molar-refractivity contribution is 5.97. The zero-order valence-corrected chi connectivity index (χ0v) is 26.9. The van der Waals surface area contributed by atoms with E-state index in [9.17, 15) is 0 Å². The van der Waals surface area contributed by atoms with Gasteiger partial charge in [0.25, 0.3) is 0 Å². The summed E-state index contributed by atoms with van der Waals surface area (Å²) in [6.07, 6.45) is 0. The topological polar surface area (TPSA) is 3.24 Å². The van der Waals surface area contributed by atoms with Gasteiger partial charge in [-0.05, 0) is 104 Å². The highest BCUT2D eigenvalue weighted by Crippen LogP contribution is 2.40. The lowest BCUT2D eigenvalue weighted by Crippen LogP contribution is -2.11. The fourth-order valence-electron chi connectivity index (χ4n) is 6.70. The monoisotopic (exact) mass is 613 g/mol. The molecule has 0 aromatic heterocycles. The van der Waals surface area contributed by atoms with Gasteiger partial charge in [-0.2, -0.15) is 0 Å². The first-order valence-electron chi connectivity index (χ1n) is 16.5. The van der Waals surface area contributed by atoms with Crippen molar-refractivity contribution < 1.29 is 0 Å². The lowest BCUT2D eigenvalue weighted by molar-refractivity contribution is 1.25. The Morgan fingerprint density at radius 3 is 1.35 bits per heavy atom. The van der Waals surface area contributed by atoms with Gasteiger partial charge in [-0.3, -0.25) is 0 Å². The van der Waals surface area contributed by atoms with E-state index < -0.39 is 0 Å². The molecule has 0 aliphatic rings. The number of rotatable bonds is 7. The number of nitrogens with zero attached hydrogens (tertiary/aromatic N) is 1. The van der Waals surface area contributed by atoms with E-state index in [0.717, 1.165) is 17.1 Å². The molecular formula is C47H35N. The Kier molecular flexibility index (Phi) is 7.86. The Morgan fingerprint density at radius 2 is 0.771 bits per heavy atom. The zero-order valence-electron chi connectivity index (χ0n) is 26.9. The molecule has 0 aliphatic carbocycles. The van der Waals surface area contributed by atoms with Gasteiger partial charge in [0.15, 0.2) is 0 Å². The number of fused-ring (bicyclic) bond motifs is 1. The van der Waals surface area contributed by atoms with Crippen molar-refractivity contribution in [3.8, 4) is 44.5 Å². The number of anilines is 3. The van der Waals surface area contributed by atoms with E-state index in [1.807, 2.05) is 0 Å². The Bertz CT molecular complexity index is 2300. The molecule has 0 radical (unpaired) electrons. The molecule has 0 amide bonds. The summed E-state index contributed by atoms with van der Waals surface area (Å²) in [4.78, 5) is 2.37. The number of hydrogen-bond acceptors (Lipinski definition) is 1. The average molecular weight is 614 g/mol. The van der Waals surface area contributed by atoms with Crippen LogP contribution in [0.4, 0.5) is 17.1 Å². The van der Waals surface area contributed by atoms with Crippen molar-refractivity contribution in [1.29, 1.82) is 0 Å². The zero-order chi connectivity index (χ0) is 32.3. The van der Waals surface area contributed by atoms with Crippen LogP contribution in [0.1, 0.15) is 5.56 Å². The highest BCUT2D eigenvalue weighted by Gasteiger charge is 2.16. The molecule has 1 heteroatoms. The third kappa shape index (κ3) is 5.79. The van der Waals surface area contributed by atoms with E-state index in [2.05, 4.69) is 206 Å². The van der Waals surface area contributed by atoms with E-state index in [1.54, 1.807) is 0 Å². The first-order chi connectivity index (χ1) is 23.7. The van der Waals surface area contributed by atoms with Crippen molar-refractivity contribution in [2.24, 2.45) is 0 Å². The minimum Gasteiger partial charge on any atom is -0.310 e. The molecule has 0 saturated carbocycles. The maximum Gasteiger partial charge on any atom is 0.0491 e. The van der Waals surface area contributed by atoms with Crippen molar-refractivity contribution in [1.82, 2.24) is 0 Å². The molecule has 1 nitrogen and oxygen atoms in total. The second kappa shape index (κ2) is 12.9. The summed E-state index contributed by atoms with van der Waals surface area (Å²) in [5.74, 6) is 0. The van der Waals surface area contributed by atoms with Crippen LogP contribution < -0.4 is 4.90 Å². The Morgan fingerprint density at radius 1 is 0.333 bits per heavy atom. The predicted molar refractivity (Wildman–Crippen MR) is 205 cm³/mol. The molecule has 8 aromatic carbocycles. The molecule has 0 spiro atoms. The van der Waals surface area contributed by atoms with Crippen LogP contribution in [0.25, 0.3) is 55.3 Å². The van der Waals surface area contributed by atoms with E-state index >= 15 is 0 Å². The minimum atomic E-state index is 1.12. The second-order valence-corrected chi connectivity index (χ2v) is 12.3.